The number of methoxy groups -OCH3 is 1. The number of nitrogen functional groups attached to an aromatic ring is 1. The number of ether oxygens (including phenoxy) is 1. The van der Waals surface area contributed by atoms with Gasteiger partial charge in [-0.2, -0.15) is 4.37 Å². The van der Waals surface area contributed by atoms with Gasteiger partial charge in [0, 0.05) is 31.8 Å². The van der Waals surface area contributed by atoms with Crippen molar-refractivity contribution < 1.29 is 23.5 Å². The molecule has 1 atom stereocenters. The average molecular weight is 537 g/mol. The molecule has 196 valence electrons. The van der Waals surface area contributed by atoms with Gasteiger partial charge >= 0.3 is 0 Å². The molecule has 2 heterocycles. The summed E-state index contributed by atoms with van der Waals surface area (Å²) in [6.45, 7) is 0.389. The van der Waals surface area contributed by atoms with Crippen molar-refractivity contribution >= 4 is 45.8 Å². The van der Waals surface area contributed by atoms with Gasteiger partial charge in [-0.3, -0.25) is 19.4 Å². The van der Waals surface area contributed by atoms with Gasteiger partial charge in [0.05, 0.1) is 17.8 Å². The van der Waals surface area contributed by atoms with Crippen molar-refractivity contribution in [2.75, 3.05) is 26.0 Å². The molecule has 2 aromatic heterocycles. The smallest absolute Gasteiger partial charge is 0.270 e. The zero-order chi connectivity index (χ0) is 27.2. The fraction of sp³-hybridized carbons (Fsp3) is 0.192. The molecule has 0 spiro atoms. The van der Waals surface area contributed by atoms with Gasteiger partial charge in [-0.15, -0.1) is 0 Å². The average Bonchev–Trinajstić information content (AvgIpc) is 3.30. The number of hydrogen-bond acceptors (Lipinski definition) is 8. The Morgan fingerprint density at radius 3 is 2.61 bits per heavy atom. The zero-order valence-electron chi connectivity index (χ0n) is 20.4. The van der Waals surface area contributed by atoms with Crippen LogP contribution >= 0.6 is 11.5 Å². The first kappa shape index (κ1) is 26.6. The first-order chi connectivity index (χ1) is 18.3. The quantitative estimate of drug-likeness (QED) is 0.263. The number of benzene rings is 2. The van der Waals surface area contributed by atoms with Crippen molar-refractivity contribution in [3.8, 4) is 0 Å². The van der Waals surface area contributed by atoms with E-state index in [1.807, 2.05) is 6.07 Å². The number of halogens is 1. The van der Waals surface area contributed by atoms with Crippen LogP contribution in [0.2, 0.25) is 0 Å². The minimum atomic E-state index is -1.13. The Balaban J connectivity index is 1.84. The molecule has 4 aromatic rings. The first-order valence-electron chi connectivity index (χ1n) is 11.5. The molecule has 38 heavy (non-hydrogen) atoms. The number of hydrogen-bond donors (Lipinski definition) is 3. The van der Waals surface area contributed by atoms with Gasteiger partial charge < -0.3 is 26.4 Å². The number of primary amides is 1. The summed E-state index contributed by atoms with van der Waals surface area (Å²) in [4.78, 5) is 44.9. The molecule has 2 aromatic carbocycles. The maximum atomic E-state index is 14.0. The number of pyridine rings is 1. The van der Waals surface area contributed by atoms with Crippen molar-refractivity contribution in [3.05, 3.63) is 88.3 Å². The number of fused-ring (bicyclic) bond motifs is 1. The third-order valence-electron chi connectivity index (χ3n) is 5.79. The fourth-order valence-electron chi connectivity index (χ4n) is 3.94. The number of anilines is 1. The van der Waals surface area contributed by atoms with Gasteiger partial charge in [0.15, 0.2) is 5.69 Å². The van der Waals surface area contributed by atoms with E-state index in [4.69, 9.17) is 16.2 Å². The molecule has 3 amide bonds. The molecule has 0 fully saturated rings. The molecule has 0 aliphatic rings. The molecule has 10 nitrogen and oxygen atoms in total. The maximum absolute atomic E-state index is 14.0. The van der Waals surface area contributed by atoms with Crippen LogP contribution in [0.15, 0.2) is 60.8 Å². The first-order valence-corrected chi connectivity index (χ1v) is 12.3. The largest absolute Gasteiger partial charge is 0.395 e. The van der Waals surface area contributed by atoms with Crippen LogP contribution in [0.3, 0.4) is 0 Å². The van der Waals surface area contributed by atoms with Gasteiger partial charge in [-0.05, 0) is 53.0 Å². The van der Waals surface area contributed by atoms with Crippen molar-refractivity contribution in [3.63, 3.8) is 0 Å². The van der Waals surface area contributed by atoms with Crippen LogP contribution in [0.5, 0.6) is 0 Å². The van der Waals surface area contributed by atoms with Crippen LogP contribution in [0.4, 0.5) is 10.1 Å². The predicted octanol–water partition coefficient (Wildman–Crippen LogP) is 2.66. The van der Waals surface area contributed by atoms with Crippen molar-refractivity contribution in [1.82, 2.24) is 19.6 Å². The highest BCUT2D eigenvalue weighted by molar-refractivity contribution is 7.09. The molecule has 0 aliphatic carbocycles. The van der Waals surface area contributed by atoms with E-state index in [9.17, 15) is 18.8 Å². The van der Waals surface area contributed by atoms with E-state index in [1.54, 1.807) is 30.5 Å². The number of carbonyl (C=O) groups excluding carboxylic acids is 3. The van der Waals surface area contributed by atoms with E-state index >= 15 is 0 Å². The Morgan fingerprint density at radius 2 is 1.92 bits per heavy atom. The number of nitrogens with two attached hydrogens (primary N) is 2. The lowest BCUT2D eigenvalue weighted by Crippen LogP contribution is -2.44. The van der Waals surface area contributed by atoms with Gasteiger partial charge in [-0.25, -0.2) is 4.39 Å². The minimum absolute atomic E-state index is 0.0435. The van der Waals surface area contributed by atoms with Gasteiger partial charge in [0.1, 0.15) is 16.7 Å². The third kappa shape index (κ3) is 5.76. The van der Waals surface area contributed by atoms with Crippen LogP contribution in [0.25, 0.3) is 10.9 Å². The normalized spacial score (nSPS) is 11.7. The van der Waals surface area contributed by atoms with Gasteiger partial charge in [0.2, 0.25) is 5.91 Å². The highest BCUT2D eigenvalue weighted by atomic mass is 32.1. The lowest BCUT2D eigenvalue weighted by Gasteiger charge is -2.31. The van der Waals surface area contributed by atoms with Crippen LogP contribution in [0, 0.1) is 5.82 Å². The maximum Gasteiger partial charge on any atom is 0.270 e. The van der Waals surface area contributed by atoms with E-state index < -0.39 is 29.6 Å². The number of aromatic nitrogens is 2. The second-order valence-corrected chi connectivity index (χ2v) is 9.11. The Kier molecular flexibility index (Phi) is 8.24. The molecular weight excluding hydrogens is 511 g/mol. The summed E-state index contributed by atoms with van der Waals surface area (Å²) < 4.78 is 22.6. The van der Waals surface area contributed by atoms with Crippen molar-refractivity contribution in [2.45, 2.75) is 12.6 Å². The summed E-state index contributed by atoms with van der Waals surface area (Å²) in [7, 11) is 1.51. The summed E-state index contributed by atoms with van der Waals surface area (Å²) >= 11 is 0.714. The van der Waals surface area contributed by atoms with E-state index in [0.717, 1.165) is 5.39 Å². The number of carbonyl (C=O) groups is 3. The Morgan fingerprint density at radius 1 is 1.16 bits per heavy atom. The number of rotatable bonds is 10. The third-order valence-corrected chi connectivity index (χ3v) is 6.64. The molecule has 5 N–H and O–H groups in total. The Bertz CT molecular complexity index is 1480. The Labute approximate surface area is 221 Å². The van der Waals surface area contributed by atoms with Crippen LogP contribution < -0.4 is 16.8 Å². The second-order valence-electron chi connectivity index (χ2n) is 8.34. The monoisotopic (exact) mass is 536 g/mol. The highest BCUT2D eigenvalue weighted by Crippen LogP contribution is 2.31. The molecule has 0 saturated heterocycles. The predicted molar refractivity (Wildman–Crippen MR) is 141 cm³/mol. The molecule has 12 heteroatoms. The summed E-state index contributed by atoms with van der Waals surface area (Å²) in [5.74, 6) is -2.44. The molecular formula is C26H25FN6O4S. The van der Waals surface area contributed by atoms with Crippen molar-refractivity contribution in [2.24, 2.45) is 5.73 Å². The topological polar surface area (TPSA) is 154 Å². The van der Waals surface area contributed by atoms with Crippen LogP contribution in [-0.4, -0.2) is 52.2 Å². The molecule has 0 unspecified atom stereocenters. The van der Waals surface area contributed by atoms with E-state index in [1.165, 1.54) is 36.3 Å². The molecule has 0 aliphatic heterocycles. The summed E-state index contributed by atoms with van der Waals surface area (Å²) in [6.07, 6.45) is 1.66. The Hall–Kier alpha value is -4.42. The highest BCUT2D eigenvalue weighted by Gasteiger charge is 2.35. The molecule has 4 rings (SSSR count). The summed E-state index contributed by atoms with van der Waals surface area (Å²) in [6, 6.07) is 13.3. The lowest BCUT2D eigenvalue weighted by atomic mass is 10.00. The standard InChI is InChI=1S/C26H25FN6O4S/c1-37-12-11-31-25(35)22(17-6-9-19-16(13-17)3-2-10-30-19)33(14-15-4-7-18(27)8-5-15)26(36)23-20(28)21(24(29)34)32-38-23/h2-10,13,22H,11-12,14,28H2,1H3,(H2,29,34)(H,31,35)/t22-/m1/s1. The summed E-state index contributed by atoms with van der Waals surface area (Å²) in [5, 5.41) is 3.56. The minimum Gasteiger partial charge on any atom is -0.395 e. The van der Waals surface area contributed by atoms with Gasteiger partial charge in [0.25, 0.3) is 11.8 Å². The SMILES string of the molecule is COCCNC(=O)[C@@H](c1ccc2ncccc2c1)N(Cc1ccc(F)cc1)C(=O)c1snc(C(N)=O)c1N. The van der Waals surface area contributed by atoms with E-state index in [0.29, 0.717) is 28.2 Å². The molecule has 0 radical (unpaired) electrons. The number of nitrogens with zero attached hydrogens (tertiary/aromatic N) is 3. The number of amides is 3. The van der Waals surface area contributed by atoms with E-state index in [2.05, 4.69) is 14.7 Å². The zero-order valence-corrected chi connectivity index (χ0v) is 21.2. The van der Waals surface area contributed by atoms with Crippen LogP contribution in [-0.2, 0) is 16.1 Å². The molecule has 0 bridgehead atoms. The fourth-order valence-corrected chi connectivity index (χ4v) is 4.70. The summed E-state index contributed by atoms with van der Waals surface area (Å²) in [5.41, 5.74) is 12.8. The van der Waals surface area contributed by atoms with Crippen molar-refractivity contribution in [1.29, 1.82) is 0 Å². The molecule has 0 saturated carbocycles. The second kappa shape index (κ2) is 11.8. The lowest BCUT2D eigenvalue weighted by molar-refractivity contribution is -0.126. The van der Waals surface area contributed by atoms with Crippen LogP contribution in [0.1, 0.15) is 37.3 Å². The van der Waals surface area contributed by atoms with E-state index in [-0.39, 0.29) is 36.0 Å². The number of nitrogens with one attached hydrogen (secondary N) is 1. The van der Waals surface area contributed by atoms with Gasteiger partial charge in [-0.1, -0.05) is 24.3 Å².